The van der Waals surface area contributed by atoms with E-state index in [0.29, 0.717) is 26.1 Å². The van der Waals surface area contributed by atoms with Gasteiger partial charge in [0.25, 0.3) is 0 Å². The Morgan fingerprint density at radius 1 is 1.23 bits per heavy atom. The highest BCUT2D eigenvalue weighted by Gasteiger charge is 2.08. The summed E-state index contributed by atoms with van der Waals surface area (Å²) in [6, 6.07) is 5.80. The maximum absolute atomic E-state index is 11.6. The molecule has 124 valence electrons. The molecular weight excluding hydrogens is 280 g/mol. The van der Waals surface area contributed by atoms with Crippen molar-refractivity contribution in [1.29, 1.82) is 0 Å². The van der Waals surface area contributed by atoms with Crippen LogP contribution in [0.3, 0.4) is 0 Å². The van der Waals surface area contributed by atoms with Crippen molar-refractivity contribution in [2.24, 2.45) is 5.92 Å². The van der Waals surface area contributed by atoms with E-state index in [0.717, 1.165) is 16.9 Å². The maximum atomic E-state index is 11.6. The lowest BCUT2D eigenvalue weighted by Crippen LogP contribution is -2.40. The number of benzene rings is 1. The zero-order valence-corrected chi connectivity index (χ0v) is 14.0. The molecule has 1 rings (SSSR count). The third kappa shape index (κ3) is 6.80. The van der Waals surface area contributed by atoms with Crippen molar-refractivity contribution < 1.29 is 14.6 Å². The van der Waals surface area contributed by atoms with Gasteiger partial charge in [0.15, 0.2) is 0 Å². The Bertz CT molecular complexity index is 455. The number of aliphatic hydroxyl groups is 1. The van der Waals surface area contributed by atoms with E-state index in [4.69, 9.17) is 4.74 Å². The second-order valence-corrected chi connectivity index (χ2v) is 5.90. The molecule has 0 spiro atoms. The normalized spacial score (nSPS) is 13.3. The molecule has 5 nitrogen and oxygen atoms in total. The predicted octanol–water partition coefficient (Wildman–Crippen LogP) is 2.39. The smallest absolute Gasteiger partial charge is 0.314 e. The molecule has 0 aliphatic carbocycles. The van der Waals surface area contributed by atoms with Gasteiger partial charge in [-0.15, -0.1) is 0 Å². The second-order valence-electron chi connectivity index (χ2n) is 5.90. The van der Waals surface area contributed by atoms with Crippen molar-refractivity contribution in [3.63, 3.8) is 0 Å². The zero-order chi connectivity index (χ0) is 16.5. The number of para-hydroxylation sites is 1. The number of nitrogens with one attached hydrogen (secondary N) is 2. The summed E-state index contributed by atoms with van der Waals surface area (Å²) >= 11 is 0. The Labute approximate surface area is 133 Å². The first kappa shape index (κ1) is 18.3. The molecule has 2 unspecified atom stereocenters. The van der Waals surface area contributed by atoms with Crippen molar-refractivity contribution in [1.82, 2.24) is 10.6 Å². The lowest BCUT2D eigenvalue weighted by Gasteiger charge is -2.15. The van der Waals surface area contributed by atoms with Crippen molar-refractivity contribution in [2.75, 3.05) is 19.7 Å². The zero-order valence-electron chi connectivity index (χ0n) is 14.0. The Balaban J connectivity index is 2.20. The summed E-state index contributed by atoms with van der Waals surface area (Å²) in [5.74, 6) is 1.13. The van der Waals surface area contributed by atoms with Gasteiger partial charge in [-0.2, -0.15) is 0 Å². The molecule has 0 aliphatic heterocycles. The number of hydrogen-bond acceptors (Lipinski definition) is 3. The number of aliphatic hydroxyl groups excluding tert-OH is 1. The van der Waals surface area contributed by atoms with Crippen molar-refractivity contribution >= 4 is 6.03 Å². The molecule has 0 aliphatic rings. The molecule has 3 N–H and O–H groups in total. The largest absolute Gasteiger partial charge is 0.491 e. The number of carbonyl (C=O) groups excluding carboxylic acids is 1. The molecule has 0 heterocycles. The van der Waals surface area contributed by atoms with Crippen LogP contribution in [0.4, 0.5) is 4.79 Å². The number of rotatable bonds is 8. The lowest BCUT2D eigenvalue weighted by molar-refractivity contribution is 0.163. The van der Waals surface area contributed by atoms with Crippen LogP contribution in [0.5, 0.6) is 5.75 Å². The van der Waals surface area contributed by atoms with Crippen LogP contribution >= 0.6 is 0 Å². The highest BCUT2D eigenvalue weighted by Crippen LogP contribution is 2.21. The van der Waals surface area contributed by atoms with Gasteiger partial charge in [-0.3, -0.25) is 0 Å². The van der Waals surface area contributed by atoms with Crippen molar-refractivity contribution in [2.45, 2.75) is 40.2 Å². The first-order valence-corrected chi connectivity index (χ1v) is 7.79. The lowest BCUT2D eigenvalue weighted by atomic mass is 10.1. The van der Waals surface area contributed by atoms with Crippen LogP contribution in [-0.4, -0.2) is 36.9 Å². The van der Waals surface area contributed by atoms with Crippen LogP contribution < -0.4 is 15.4 Å². The highest BCUT2D eigenvalue weighted by molar-refractivity contribution is 5.73. The van der Waals surface area contributed by atoms with E-state index in [9.17, 15) is 9.90 Å². The van der Waals surface area contributed by atoms with Gasteiger partial charge in [0.1, 0.15) is 12.4 Å². The average molecular weight is 308 g/mol. The topological polar surface area (TPSA) is 70.6 Å². The third-order valence-corrected chi connectivity index (χ3v) is 3.40. The molecule has 22 heavy (non-hydrogen) atoms. The highest BCUT2D eigenvalue weighted by atomic mass is 16.5. The van der Waals surface area contributed by atoms with Crippen LogP contribution in [0, 0.1) is 19.8 Å². The van der Waals surface area contributed by atoms with E-state index >= 15 is 0 Å². The Hall–Kier alpha value is -1.75. The Morgan fingerprint density at radius 2 is 1.86 bits per heavy atom. The Kier molecular flexibility index (Phi) is 7.74. The second kappa shape index (κ2) is 9.30. The van der Waals surface area contributed by atoms with Gasteiger partial charge in [0.05, 0.1) is 12.6 Å². The standard InChI is InChI=1S/C17H28N2O3/c1-12(10-15(4)20)11-19-17(21)18-8-9-22-16-13(2)6-5-7-14(16)3/h5-7,12,15,20H,8-11H2,1-4H3,(H2,18,19,21). The summed E-state index contributed by atoms with van der Waals surface area (Å²) in [6.07, 6.45) is 0.335. The van der Waals surface area contributed by atoms with E-state index in [1.165, 1.54) is 0 Å². The minimum absolute atomic E-state index is 0.206. The number of amides is 2. The molecule has 0 fully saturated rings. The summed E-state index contributed by atoms with van der Waals surface area (Å²) in [6.45, 7) is 9.19. The van der Waals surface area contributed by atoms with E-state index in [1.807, 2.05) is 39.0 Å². The van der Waals surface area contributed by atoms with Crippen molar-refractivity contribution in [3.8, 4) is 5.75 Å². The van der Waals surface area contributed by atoms with Gasteiger partial charge in [0, 0.05) is 6.54 Å². The van der Waals surface area contributed by atoms with Crippen LogP contribution in [0.25, 0.3) is 0 Å². The van der Waals surface area contributed by atoms with Crippen LogP contribution in [-0.2, 0) is 0 Å². The minimum Gasteiger partial charge on any atom is -0.491 e. The quantitative estimate of drug-likeness (QED) is 0.646. The maximum Gasteiger partial charge on any atom is 0.314 e. The van der Waals surface area contributed by atoms with Crippen LogP contribution in [0.2, 0.25) is 0 Å². The number of ether oxygens (including phenoxy) is 1. The van der Waals surface area contributed by atoms with Gasteiger partial charge < -0.3 is 20.5 Å². The molecule has 1 aromatic carbocycles. The summed E-state index contributed by atoms with van der Waals surface area (Å²) in [7, 11) is 0. The molecule has 2 atom stereocenters. The third-order valence-electron chi connectivity index (χ3n) is 3.40. The summed E-state index contributed by atoms with van der Waals surface area (Å²) in [5, 5.41) is 14.8. The van der Waals surface area contributed by atoms with E-state index in [2.05, 4.69) is 10.6 Å². The van der Waals surface area contributed by atoms with Gasteiger partial charge in [-0.05, 0) is 44.2 Å². The molecule has 0 saturated heterocycles. The molecule has 1 aromatic rings. The number of aryl methyl sites for hydroxylation is 2. The van der Waals surface area contributed by atoms with Crippen LogP contribution in [0.15, 0.2) is 18.2 Å². The van der Waals surface area contributed by atoms with Gasteiger partial charge in [-0.1, -0.05) is 25.1 Å². The minimum atomic E-state index is -0.342. The molecule has 0 radical (unpaired) electrons. The fourth-order valence-electron chi connectivity index (χ4n) is 2.34. The van der Waals surface area contributed by atoms with Crippen molar-refractivity contribution in [3.05, 3.63) is 29.3 Å². The molecule has 0 saturated carbocycles. The number of carbonyl (C=O) groups is 1. The Morgan fingerprint density at radius 3 is 2.45 bits per heavy atom. The first-order valence-electron chi connectivity index (χ1n) is 7.79. The average Bonchev–Trinajstić information content (AvgIpc) is 2.43. The first-order chi connectivity index (χ1) is 10.4. The summed E-state index contributed by atoms with van der Waals surface area (Å²) in [5.41, 5.74) is 2.19. The summed E-state index contributed by atoms with van der Waals surface area (Å²) in [4.78, 5) is 11.6. The summed E-state index contributed by atoms with van der Waals surface area (Å²) < 4.78 is 5.72. The van der Waals surface area contributed by atoms with E-state index in [-0.39, 0.29) is 18.1 Å². The molecule has 5 heteroatoms. The monoisotopic (exact) mass is 308 g/mol. The molecule has 0 bridgehead atoms. The van der Waals surface area contributed by atoms with Gasteiger partial charge in [-0.25, -0.2) is 4.79 Å². The number of urea groups is 1. The molecule has 0 aromatic heterocycles. The SMILES string of the molecule is Cc1cccc(C)c1OCCNC(=O)NCC(C)CC(C)O. The van der Waals surface area contributed by atoms with Crippen LogP contribution in [0.1, 0.15) is 31.4 Å². The fourth-order valence-corrected chi connectivity index (χ4v) is 2.34. The molecular formula is C17H28N2O3. The van der Waals surface area contributed by atoms with Gasteiger partial charge >= 0.3 is 6.03 Å². The van der Waals surface area contributed by atoms with E-state index < -0.39 is 0 Å². The number of hydrogen-bond donors (Lipinski definition) is 3. The van der Waals surface area contributed by atoms with Gasteiger partial charge in [0.2, 0.25) is 0 Å². The fraction of sp³-hybridized carbons (Fsp3) is 0.588. The van der Waals surface area contributed by atoms with E-state index in [1.54, 1.807) is 6.92 Å². The molecule has 2 amide bonds. The predicted molar refractivity (Wildman–Crippen MR) is 88.3 cm³/mol.